The standard InChI is InChI=1S/C15H22N2O/c1-2-18-15-5-3-4-14(17-15)16-10-13-9-11-6-7-12(13)8-11/h3-5,11-13H,2,6-10H2,1H3,(H,16,17). The first kappa shape index (κ1) is 11.8. The fraction of sp³-hybridized carbons (Fsp3) is 0.667. The first-order valence-electron chi connectivity index (χ1n) is 7.19. The average molecular weight is 246 g/mol. The van der Waals surface area contributed by atoms with Gasteiger partial charge in [0.25, 0.3) is 0 Å². The van der Waals surface area contributed by atoms with Crippen LogP contribution in [-0.4, -0.2) is 18.1 Å². The molecule has 0 aromatic carbocycles. The van der Waals surface area contributed by atoms with Crippen molar-refractivity contribution in [2.45, 2.75) is 32.6 Å². The molecule has 0 saturated heterocycles. The number of ether oxygens (including phenoxy) is 1. The lowest BCUT2D eigenvalue weighted by Crippen LogP contribution is -2.20. The van der Waals surface area contributed by atoms with Crippen molar-refractivity contribution in [1.29, 1.82) is 0 Å². The number of nitrogens with one attached hydrogen (secondary N) is 1. The van der Waals surface area contributed by atoms with Crippen LogP contribution >= 0.6 is 0 Å². The first-order chi connectivity index (χ1) is 8.85. The maximum absolute atomic E-state index is 5.42. The highest BCUT2D eigenvalue weighted by atomic mass is 16.5. The highest BCUT2D eigenvalue weighted by molar-refractivity contribution is 5.37. The van der Waals surface area contributed by atoms with Gasteiger partial charge in [-0.15, -0.1) is 0 Å². The first-order valence-corrected chi connectivity index (χ1v) is 7.19. The minimum atomic E-state index is 0.669. The lowest BCUT2D eigenvalue weighted by atomic mass is 9.89. The van der Waals surface area contributed by atoms with E-state index in [0.717, 1.165) is 36.0 Å². The van der Waals surface area contributed by atoms with Gasteiger partial charge in [-0.25, -0.2) is 0 Å². The molecular formula is C15H22N2O. The molecule has 0 spiro atoms. The zero-order valence-corrected chi connectivity index (χ0v) is 11.1. The summed E-state index contributed by atoms with van der Waals surface area (Å²) in [5.74, 6) is 4.52. The Labute approximate surface area is 109 Å². The summed E-state index contributed by atoms with van der Waals surface area (Å²) < 4.78 is 5.42. The number of fused-ring (bicyclic) bond motifs is 2. The minimum absolute atomic E-state index is 0.669. The molecule has 1 N–H and O–H groups in total. The molecule has 2 saturated carbocycles. The molecule has 98 valence electrons. The van der Waals surface area contributed by atoms with Crippen LogP contribution in [-0.2, 0) is 0 Å². The summed E-state index contributed by atoms with van der Waals surface area (Å²) in [7, 11) is 0. The molecule has 1 aromatic heterocycles. The molecule has 3 heteroatoms. The molecular weight excluding hydrogens is 224 g/mol. The zero-order valence-electron chi connectivity index (χ0n) is 11.1. The van der Waals surface area contributed by atoms with Crippen LogP contribution in [0.1, 0.15) is 32.6 Å². The maximum Gasteiger partial charge on any atom is 0.215 e. The predicted octanol–water partition coefficient (Wildman–Crippen LogP) is 3.33. The summed E-state index contributed by atoms with van der Waals surface area (Å²) in [4.78, 5) is 4.45. The zero-order chi connectivity index (χ0) is 12.4. The van der Waals surface area contributed by atoms with E-state index in [1.165, 1.54) is 25.7 Å². The molecule has 2 aliphatic carbocycles. The van der Waals surface area contributed by atoms with Crippen molar-refractivity contribution < 1.29 is 4.74 Å². The lowest BCUT2D eigenvalue weighted by Gasteiger charge is -2.22. The van der Waals surface area contributed by atoms with Gasteiger partial charge in [-0.1, -0.05) is 12.5 Å². The molecule has 2 aliphatic rings. The van der Waals surface area contributed by atoms with E-state index in [0.29, 0.717) is 6.61 Å². The molecule has 0 radical (unpaired) electrons. The quantitative estimate of drug-likeness (QED) is 0.865. The molecule has 2 bridgehead atoms. The second-order valence-corrected chi connectivity index (χ2v) is 5.61. The number of rotatable bonds is 5. The molecule has 0 aliphatic heterocycles. The van der Waals surface area contributed by atoms with Gasteiger partial charge < -0.3 is 10.1 Å². The third-order valence-corrected chi connectivity index (χ3v) is 4.45. The molecule has 3 atom stereocenters. The van der Waals surface area contributed by atoms with Crippen molar-refractivity contribution in [3.05, 3.63) is 18.2 Å². The van der Waals surface area contributed by atoms with Crippen LogP contribution in [0.15, 0.2) is 18.2 Å². The molecule has 3 rings (SSSR count). The van der Waals surface area contributed by atoms with E-state index in [4.69, 9.17) is 4.74 Å². The Morgan fingerprint density at radius 1 is 1.33 bits per heavy atom. The molecule has 2 fully saturated rings. The van der Waals surface area contributed by atoms with Crippen LogP contribution in [0.2, 0.25) is 0 Å². The second-order valence-electron chi connectivity index (χ2n) is 5.61. The van der Waals surface area contributed by atoms with Gasteiger partial charge in [-0.2, -0.15) is 4.98 Å². The van der Waals surface area contributed by atoms with Crippen molar-refractivity contribution >= 4 is 5.82 Å². The fourth-order valence-corrected chi connectivity index (χ4v) is 3.60. The molecule has 1 aromatic rings. The normalized spacial score (nSPS) is 29.5. The van der Waals surface area contributed by atoms with Gasteiger partial charge in [-0.3, -0.25) is 0 Å². The third kappa shape index (κ3) is 2.45. The largest absolute Gasteiger partial charge is 0.478 e. The predicted molar refractivity (Wildman–Crippen MR) is 72.8 cm³/mol. The van der Waals surface area contributed by atoms with Crippen LogP contribution in [0.3, 0.4) is 0 Å². The van der Waals surface area contributed by atoms with E-state index in [2.05, 4.69) is 10.3 Å². The summed E-state index contributed by atoms with van der Waals surface area (Å²) in [5, 5.41) is 3.48. The van der Waals surface area contributed by atoms with E-state index < -0.39 is 0 Å². The van der Waals surface area contributed by atoms with Crippen LogP contribution in [0, 0.1) is 17.8 Å². The smallest absolute Gasteiger partial charge is 0.215 e. The number of hydrogen-bond donors (Lipinski definition) is 1. The number of nitrogens with zero attached hydrogens (tertiary/aromatic N) is 1. The van der Waals surface area contributed by atoms with Crippen LogP contribution in [0.5, 0.6) is 5.88 Å². The highest BCUT2D eigenvalue weighted by Crippen LogP contribution is 2.48. The minimum Gasteiger partial charge on any atom is -0.478 e. The maximum atomic E-state index is 5.42. The van der Waals surface area contributed by atoms with Gasteiger partial charge in [0, 0.05) is 12.6 Å². The molecule has 0 amide bonds. The number of pyridine rings is 1. The van der Waals surface area contributed by atoms with E-state index in [1.54, 1.807) is 0 Å². The van der Waals surface area contributed by atoms with Gasteiger partial charge in [0.05, 0.1) is 6.61 Å². The Kier molecular flexibility index (Phi) is 3.39. The van der Waals surface area contributed by atoms with Gasteiger partial charge in [0.1, 0.15) is 5.82 Å². The fourth-order valence-electron chi connectivity index (χ4n) is 3.60. The van der Waals surface area contributed by atoms with E-state index in [9.17, 15) is 0 Å². The average Bonchev–Trinajstić information content (AvgIpc) is 2.99. The highest BCUT2D eigenvalue weighted by Gasteiger charge is 2.39. The van der Waals surface area contributed by atoms with Gasteiger partial charge >= 0.3 is 0 Å². The second kappa shape index (κ2) is 5.17. The molecule has 3 unspecified atom stereocenters. The van der Waals surface area contributed by atoms with Crippen molar-refractivity contribution in [3.8, 4) is 5.88 Å². The van der Waals surface area contributed by atoms with Crippen molar-refractivity contribution in [3.63, 3.8) is 0 Å². The van der Waals surface area contributed by atoms with Crippen LogP contribution < -0.4 is 10.1 Å². The Morgan fingerprint density at radius 2 is 2.28 bits per heavy atom. The number of hydrogen-bond acceptors (Lipinski definition) is 3. The van der Waals surface area contributed by atoms with Crippen molar-refractivity contribution in [1.82, 2.24) is 4.98 Å². The van der Waals surface area contributed by atoms with E-state index in [-0.39, 0.29) is 0 Å². The van der Waals surface area contributed by atoms with Gasteiger partial charge in [-0.05, 0) is 50.0 Å². The summed E-state index contributed by atoms with van der Waals surface area (Å²) in [6, 6.07) is 5.93. The van der Waals surface area contributed by atoms with E-state index >= 15 is 0 Å². The molecule has 1 heterocycles. The Hall–Kier alpha value is -1.25. The summed E-state index contributed by atoms with van der Waals surface area (Å²) in [6.07, 6.45) is 5.81. The molecule has 18 heavy (non-hydrogen) atoms. The Morgan fingerprint density at radius 3 is 3.00 bits per heavy atom. The van der Waals surface area contributed by atoms with Gasteiger partial charge in [0.15, 0.2) is 0 Å². The SMILES string of the molecule is CCOc1cccc(NCC2CC3CCC2C3)n1. The summed E-state index contributed by atoms with van der Waals surface area (Å²) in [5.41, 5.74) is 0. The number of aromatic nitrogens is 1. The summed E-state index contributed by atoms with van der Waals surface area (Å²) >= 11 is 0. The van der Waals surface area contributed by atoms with E-state index in [1.807, 2.05) is 25.1 Å². The van der Waals surface area contributed by atoms with Crippen LogP contribution in [0.4, 0.5) is 5.82 Å². The molecule has 3 nitrogen and oxygen atoms in total. The topological polar surface area (TPSA) is 34.1 Å². The van der Waals surface area contributed by atoms with Crippen LogP contribution in [0.25, 0.3) is 0 Å². The van der Waals surface area contributed by atoms with Crippen molar-refractivity contribution in [2.75, 3.05) is 18.5 Å². The summed E-state index contributed by atoms with van der Waals surface area (Å²) in [6.45, 7) is 3.73. The van der Waals surface area contributed by atoms with Gasteiger partial charge in [0.2, 0.25) is 5.88 Å². The van der Waals surface area contributed by atoms with Crippen molar-refractivity contribution in [2.24, 2.45) is 17.8 Å². The third-order valence-electron chi connectivity index (χ3n) is 4.45. The monoisotopic (exact) mass is 246 g/mol. The Bertz CT molecular complexity index is 407. The number of anilines is 1. The lowest BCUT2D eigenvalue weighted by molar-refractivity contribution is 0.326. The Balaban J connectivity index is 1.55.